The van der Waals surface area contributed by atoms with Crippen LogP contribution in [0.2, 0.25) is 0 Å². The van der Waals surface area contributed by atoms with Crippen LogP contribution >= 0.6 is 0 Å². The van der Waals surface area contributed by atoms with Gasteiger partial charge in [-0.25, -0.2) is 14.4 Å². The average Bonchev–Trinajstić information content (AvgIpc) is 3.95. The minimum Gasteiger partial charge on any atom is -0.350 e. The number of halogens is 1. The Kier molecular flexibility index (Phi) is 10.9. The number of carbonyl (C=O) groups excluding carboxylic acids is 4. The van der Waals surface area contributed by atoms with Crippen LogP contribution in [0.4, 0.5) is 21.6 Å². The van der Waals surface area contributed by atoms with E-state index in [4.69, 9.17) is 9.97 Å². The predicted molar refractivity (Wildman–Crippen MR) is 233 cm³/mol. The molecule has 4 amide bonds. The fourth-order valence-electron chi connectivity index (χ4n) is 10.6. The van der Waals surface area contributed by atoms with Gasteiger partial charge >= 0.3 is 0 Å². The molecule has 61 heavy (non-hydrogen) atoms. The van der Waals surface area contributed by atoms with E-state index in [-0.39, 0.29) is 47.5 Å². The van der Waals surface area contributed by atoms with Gasteiger partial charge in [0.2, 0.25) is 18.2 Å². The van der Waals surface area contributed by atoms with Gasteiger partial charge in [-0.15, -0.1) is 0 Å². The van der Waals surface area contributed by atoms with Crippen molar-refractivity contribution in [3.63, 3.8) is 0 Å². The second kappa shape index (κ2) is 16.2. The number of pyridine rings is 1. The molecule has 9 rings (SSSR count). The molecule has 2 aromatic heterocycles. The monoisotopic (exact) mass is 831 g/mol. The molecule has 4 aliphatic heterocycles. The molecule has 1 aliphatic carbocycles. The number of hydrogen-bond donors (Lipinski definition) is 2. The number of hydrogen-bond acceptors (Lipinski definition) is 8. The number of imidazole rings is 1. The van der Waals surface area contributed by atoms with Gasteiger partial charge in [-0.2, -0.15) is 0 Å². The minimum absolute atomic E-state index is 0.0337. The molecule has 4 aromatic rings. The molecule has 4 fully saturated rings. The summed E-state index contributed by atoms with van der Waals surface area (Å²) in [5.74, 6) is -0.386. The van der Waals surface area contributed by atoms with Crippen LogP contribution in [0.1, 0.15) is 107 Å². The van der Waals surface area contributed by atoms with E-state index in [1.807, 2.05) is 49.3 Å². The summed E-state index contributed by atoms with van der Waals surface area (Å²) in [6, 6.07) is 11.5. The topological polar surface area (TPSA) is 136 Å². The molecule has 1 saturated carbocycles. The molecule has 6 heterocycles. The zero-order chi connectivity index (χ0) is 42.7. The molecule has 1 spiro atoms. The second-order valence-electron chi connectivity index (χ2n) is 18.6. The van der Waals surface area contributed by atoms with Crippen molar-refractivity contribution in [2.75, 3.05) is 49.5 Å². The molecule has 14 heteroatoms. The van der Waals surface area contributed by atoms with E-state index in [1.54, 1.807) is 24.2 Å². The fourth-order valence-corrected chi connectivity index (χ4v) is 10.6. The lowest BCUT2D eigenvalue weighted by atomic mass is 9.73. The molecule has 13 nitrogen and oxygen atoms in total. The van der Waals surface area contributed by atoms with Crippen molar-refractivity contribution in [1.82, 2.24) is 34.6 Å². The Balaban J connectivity index is 1.07. The van der Waals surface area contributed by atoms with Gasteiger partial charge in [0.15, 0.2) is 5.82 Å². The highest BCUT2D eigenvalue weighted by molar-refractivity contribution is 6.09. The molecule has 1 atom stereocenters. The molecule has 0 radical (unpaired) electrons. The Hall–Kier alpha value is -5.37. The number of piperidine rings is 2. The maximum Gasteiger partial charge on any atom is 0.251 e. The van der Waals surface area contributed by atoms with E-state index in [2.05, 4.69) is 32.6 Å². The first kappa shape index (κ1) is 41.0. The third-order valence-electron chi connectivity index (χ3n) is 14.0. The first-order chi connectivity index (χ1) is 29.3. The number of rotatable bonds is 10. The predicted octanol–water partition coefficient (Wildman–Crippen LogP) is 6.71. The van der Waals surface area contributed by atoms with Crippen molar-refractivity contribution >= 4 is 52.4 Å². The Bertz CT molecular complexity index is 2370. The average molecular weight is 832 g/mol. The van der Waals surface area contributed by atoms with Crippen LogP contribution in [0, 0.1) is 18.7 Å². The van der Waals surface area contributed by atoms with Crippen LogP contribution in [0.3, 0.4) is 0 Å². The SMILES string of the molecule is Cc1cc(F)c(Nc2nc(-c3ccc4c(c3)N(C3CC(N5CCCCC5)C3)C(=O)C43CCN(C(=O)C4CCN(C=O)C4)CC3)cc3ncn(C(C)C)c23)cc1C(=O)NC(C)C. The van der Waals surface area contributed by atoms with Crippen molar-refractivity contribution in [3.8, 4) is 11.3 Å². The maximum absolute atomic E-state index is 15.8. The lowest BCUT2D eigenvalue weighted by Crippen LogP contribution is -2.58. The summed E-state index contributed by atoms with van der Waals surface area (Å²) in [5.41, 5.74) is 4.99. The van der Waals surface area contributed by atoms with Gasteiger partial charge in [0.25, 0.3) is 5.91 Å². The molecular formula is C47H58FN9O4. The molecule has 0 bridgehead atoms. The first-order valence-electron chi connectivity index (χ1n) is 22.3. The standard InChI is InChI=1S/C47H58FN9O4/c1-28(2)50-44(59)35-23-39(37(48)19-30(35)5)52-43-42-40(49-26-56(42)29(3)4)24-38(51-43)31-9-10-36-41(20-31)57(34-21-33(22-34)54-14-7-6-8-15-54)46(61)47(36)12-17-55(18-13-47)45(60)32-11-16-53(25-32)27-58/h9-10,19-20,23-24,26-29,32-34H,6-8,11-18,21-22,25H2,1-5H3,(H,50,59)(H,51,52). The summed E-state index contributed by atoms with van der Waals surface area (Å²) in [7, 11) is 0. The van der Waals surface area contributed by atoms with Gasteiger partial charge in [0.05, 0.1) is 34.6 Å². The molecule has 2 aromatic carbocycles. The molecular weight excluding hydrogens is 774 g/mol. The van der Waals surface area contributed by atoms with E-state index in [1.165, 1.54) is 25.3 Å². The van der Waals surface area contributed by atoms with Crippen molar-refractivity contribution in [3.05, 3.63) is 65.2 Å². The largest absolute Gasteiger partial charge is 0.350 e. The molecule has 5 aliphatic rings. The number of nitrogens with one attached hydrogen (secondary N) is 2. The number of anilines is 3. The number of aromatic nitrogens is 3. The van der Waals surface area contributed by atoms with Crippen LogP contribution in [-0.2, 0) is 19.8 Å². The summed E-state index contributed by atoms with van der Waals surface area (Å²) in [6.07, 6.45) is 9.90. The van der Waals surface area contributed by atoms with Crippen molar-refractivity contribution in [1.29, 1.82) is 0 Å². The number of fused-ring (bicyclic) bond motifs is 3. The molecule has 3 saturated heterocycles. The summed E-state index contributed by atoms with van der Waals surface area (Å²) < 4.78 is 17.8. The summed E-state index contributed by atoms with van der Waals surface area (Å²) >= 11 is 0. The second-order valence-corrected chi connectivity index (χ2v) is 18.6. The van der Waals surface area contributed by atoms with Gasteiger partial charge in [-0.3, -0.25) is 19.2 Å². The van der Waals surface area contributed by atoms with Crippen LogP contribution < -0.4 is 15.5 Å². The Morgan fingerprint density at radius 2 is 1.70 bits per heavy atom. The quantitative estimate of drug-likeness (QED) is 0.169. The number of amides is 4. The van der Waals surface area contributed by atoms with Crippen LogP contribution in [-0.4, -0.2) is 111 Å². The number of nitrogens with zero attached hydrogens (tertiary/aromatic N) is 7. The van der Waals surface area contributed by atoms with Gasteiger partial charge < -0.3 is 34.8 Å². The Morgan fingerprint density at radius 1 is 0.951 bits per heavy atom. The summed E-state index contributed by atoms with van der Waals surface area (Å²) in [6.45, 7) is 13.8. The normalized spacial score (nSPS) is 22.7. The van der Waals surface area contributed by atoms with E-state index in [9.17, 15) is 14.4 Å². The zero-order valence-corrected chi connectivity index (χ0v) is 36.0. The van der Waals surface area contributed by atoms with E-state index >= 15 is 9.18 Å². The summed E-state index contributed by atoms with van der Waals surface area (Å²) in [5, 5.41) is 6.18. The lowest BCUT2D eigenvalue weighted by molar-refractivity contribution is -0.139. The minimum atomic E-state index is -0.742. The Morgan fingerprint density at radius 3 is 2.39 bits per heavy atom. The Labute approximate surface area is 357 Å². The van der Waals surface area contributed by atoms with Gasteiger partial charge in [-0.05, 0) is 128 Å². The summed E-state index contributed by atoms with van der Waals surface area (Å²) in [4.78, 5) is 71.4. The van der Waals surface area contributed by atoms with Crippen LogP contribution in [0.5, 0.6) is 0 Å². The van der Waals surface area contributed by atoms with E-state index in [0.29, 0.717) is 85.2 Å². The number of likely N-dealkylation sites (tertiary alicyclic amines) is 3. The molecule has 2 N–H and O–H groups in total. The van der Waals surface area contributed by atoms with Gasteiger partial charge in [-0.1, -0.05) is 18.6 Å². The van der Waals surface area contributed by atoms with Gasteiger partial charge in [0.1, 0.15) is 11.3 Å². The van der Waals surface area contributed by atoms with Gasteiger partial charge in [0, 0.05) is 67.2 Å². The van der Waals surface area contributed by atoms with E-state index < -0.39 is 11.2 Å². The smallest absolute Gasteiger partial charge is 0.251 e. The highest BCUT2D eigenvalue weighted by Crippen LogP contribution is 2.52. The van der Waals surface area contributed by atoms with Crippen LogP contribution in [0.15, 0.2) is 42.7 Å². The zero-order valence-electron chi connectivity index (χ0n) is 36.0. The third-order valence-corrected chi connectivity index (χ3v) is 14.0. The number of benzene rings is 2. The molecule has 1 unspecified atom stereocenters. The van der Waals surface area contributed by atoms with Crippen molar-refractivity contribution < 1.29 is 23.6 Å². The fraction of sp³-hybridized carbons (Fsp3) is 0.532. The van der Waals surface area contributed by atoms with Crippen molar-refractivity contribution in [2.45, 2.75) is 116 Å². The third kappa shape index (κ3) is 7.34. The van der Waals surface area contributed by atoms with Crippen molar-refractivity contribution in [2.24, 2.45) is 5.92 Å². The van der Waals surface area contributed by atoms with Crippen LogP contribution in [0.25, 0.3) is 22.3 Å². The number of aryl methyl sites for hydroxylation is 1. The maximum atomic E-state index is 15.8. The number of carbonyl (C=O) groups is 4. The van der Waals surface area contributed by atoms with E-state index in [0.717, 1.165) is 49.2 Å². The molecule has 322 valence electrons. The highest BCUT2D eigenvalue weighted by atomic mass is 19.1. The first-order valence-corrected chi connectivity index (χ1v) is 22.3. The highest BCUT2D eigenvalue weighted by Gasteiger charge is 2.56. The lowest BCUT2D eigenvalue weighted by Gasteiger charge is -2.48.